The van der Waals surface area contributed by atoms with Crippen LogP contribution in [0.4, 0.5) is 10.1 Å². The van der Waals surface area contributed by atoms with Crippen molar-refractivity contribution in [2.45, 2.75) is 44.1 Å². The molecule has 0 atom stereocenters. The first-order valence-electron chi connectivity index (χ1n) is 9.96. The molecule has 2 fully saturated rings. The average Bonchev–Trinajstić information content (AvgIpc) is 3.62. The van der Waals surface area contributed by atoms with Crippen molar-refractivity contribution in [3.8, 4) is 0 Å². The molecule has 0 saturated heterocycles. The molecular weight excluding hydrogens is 357 g/mol. The van der Waals surface area contributed by atoms with Crippen molar-refractivity contribution in [2.24, 2.45) is 5.92 Å². The predicted octanol–water partition coefficient (Wildman–Crippen LogP) is 3.58. The number of rotatable bonds is 4. The number of fused-ring (bicyclic) bond motifs is 1. The number of anilines is 1. The van der Waals surface area contributed by atoms with Gasteiger partial charge in [-0.3, -0.25) is 14.6 Å². The third kappa shape index (κ3) is 3.07. The van der Waals surface area contributed by atoms with Crippen LogP contribution in [0.5, 0.6) is 0 Å². The summed E-state index contributed by atoms with van der Waals surface area (Å²) in [7, 11) is 0. The molecular formula is C22H24FN3O2. The van der Waals surface area contributed by atoms with E-state index in [1.165, 1.54) is 24.3 Å². The standard InChI is InChI=1S/C22H22FN3O2.H2/c23-16-7-5-14(6-8-16)20(27)25-22(11-12-22)19-10-9-18-17(24-19)2-1-13-26(18)21(28)15-3-4-15;/h5-10,15H,1-4,11-13H2,(H,25,27);1H. The zero-order valence-electron chi connectivity index (χ0n) is 15.6. The van der Waals surface area contributed by atoms with Gasteiger partial charge < -0.3 is 10.2 Å². The molecule has 2 saturated carbocycles. The zero-order chi connectivity index (χ0) is 19.3. The van der Waals surface area contributed by atoms with Crippen molar-refractivity contribution in [1.29, 1.82) is 0 Å². The Morgan fingerprint density at radius 3 is 2.57 bits per heavy atom. The van der Waals surface area contributed by atoms with Crippen LogP contribution in [0.1, 0.15) is 55.3 Å². The number of nitrogens with zero attached hydrogens (tertiary/aromatic N) is 2. The Morgan fingerprint density at radius 2 is 1.89 bits per heavy atom. The smallest absolute Gasteiger partial charge is 0.252 e. The van der Waals surface area contributed by atoms with Gasteiger partial charge in [0.1, 0.15) is 5.82 Å². The summed E-state index contributed by atoms with van der Waals surface area (Å²) in [6, 6.07) is 9.48. The van der Waals surface area contributed by atoms with Crippen molar-refractivity contribution >= 4 is 17.5 Å². The minimum atomic E-state index is -0.455. The largest absolute Gasteiger partial charge is 0.341 e. The quantitative estimate of drug-likeness (QED) is 0.881. The van der Waals surface area contributed by atoms with E-state index in [1.807, 2.05) is 17.0 Å². The SMILES string of the molecule is O=C(NC1(c2ccc3c(n2)CCCN3C(=O)C2CC2)CC1)c1ccc(F)cc1.[HH]. The number of amides is 2. The highest BCUT2D eigenvalue weighted by molar-refractivity contribution is 5.97. The van der Waals surface area contributed by atoms with Gasteiger partial charge in [0.25, 0.3) is 5.91 Å². The molecule has 1 aromatic carbocycles. The summed E-state index contributed by atoms with van der Waals surface area (Å²) in [5.41, 5.74) is 2.70. The molecule has 5 rings (SSSR count). The molecule has 3 aliphatic rings. The Labute approximate surface area is 164 Å². The van der Waals surface area contributed by atoms with Crippen molar-refractivity contribution in [3.05, 3.63) is 59.2 Å². The van der Waals surface area contributed by atoms with Gasteiger partial charge in [0, 0.05) is 19.5 Å². The van der Waals surface area contributed by atoms with E-state index in [-0.39, 0.29) is 25.0 Å². The van der Waals surface area contributed by atoms with Crippen LogP contribution in [0, 0.1) is 11.7 Å². The number of halogens is 1. The van der Waals surface area contributed by atoms with Crippen LogP contribution in [0.15, 0.2) is 36.4 Å². The van der Waals surface area contributed by atoms with E-state index in [9.17, 15) is 14.0 Å². The first-order chi connectivity index (χ1) is 13.6. The second-order valence-corrected chi connectivity index (χ2v) is 8.07. The van der Waals surface area contributed by atoms with E-state index < -0.39 is 5.54 Å². The second kappa shape index (κ2) is 6.40. The Kier molecular flexibility index (Phi) is 3.96. The maximum atomic E-state index is 13.1. The summed E-state index contributed by atoms with van der Waals surface area (Å²) in [6.45, 7) is 0.760. The number of benzene rings is 1. The lowest BCUT2D eigenvalue weighted by Gasteiger charge is -2.30. The molecule has 0 bridgehead atoms. The summed E-state index contributed by atoms with van der Waals surface area (Å²) in [5.74, 6) is -0.168. The van der Waals surface area contributed by atoms with Crippen molar-refractivity contribution in [3.63, 3.8) is 0 Å². The minimum absolute atomic E-state index is 0. The lowest BCUT2D eigenvalue weighted by atomic mass is 10.0. The van der Waals surface area contributed by atoms with Crippen LogP contribution < -0.4 is 10.2 Å². The lowest BCUT2D eigenvalue weighted by molar-refractivity contribution is -0.119. The Balaban J connectivity index is 0.00000205. The van der Waals surface area contributed by atoms with Crippen LogP contribution in [-0.2, 0) is 16.8 Å². The molecule has 0 radical (unpaired) electrons. The van der Waals surface area contributed by atoms with Gasteiger partial charge in [-0.2, -0.15) is 0 Å². The van der Waals surface area contributed by atoms with E-state index in [0.717, 1.165) is 62.1 Å². The summed E-state index contributed by atoms with van der Waals surface area (Å²) >= 11 is 0. The number of aryl methyl sites for hydroxylation is 1. The average molecular weight is 381 g/mol. The number of hydrogen-bond acceptors (Lipinski definition) is 3. The van der Waals surface area contributed by atoms with Crippen LogP contribution in [-0.4, -0.2) is 23.3 Å². The van der Waals surface area contributed by atoms with Gasteiger partial charge in [-0.05, 0) is 74.9 Å². The van der Waals surface area contributed by atoms with Crippen molar-refractivity contribution in [2.75, 3.05) is 11.4 Å². The number of aromatic nitrogens is 1. The molecule has 1 aliphatic heterocycles. The normalized spacial score (nSPS) is 19.7. The van der Waals surface area contributed by atoms with Crippen LogP contribution in [0.3, 0.4) is 0 Å². The van der Waals surface area contributed by atoms with Gasteiger partial charge in [0.05, 0.1) is 22.6 Å². The molecule has 1 N–H and O–H groups in total. The van der Waals surface area contributed by atoms with Crippen LogP contribution in [0.2, 0.25) is 0 Å². The van der Waals surface area contributed by atoms with Gasteiger partial charge in [0.2, 0.25) is 5.91 Å². The number of pyridine rings is 1. The summed E-state index contributed by atoms with van der Waals surface area (Å²) in [5, 5.41) is 3.08. The fourth-order valence-corrected chi connectivity index (χ4v) is 3.96. The molecule has 28 heavy (non-hydrogen) atoms. The van der Waals surface area contributed by atoms with Gasteiger partial charge in [0.15, 0.2) is 0 Å². The molecule has 6 heteroatoms. The van der Waals surface area contributed by atoms with Crippen LogP contribution >= 0.6 is 0 Å². The molecule has 5 nitrogen and oxygen atoms in total. The van der Waals surface area contributed by atoms with Gasteiger partial charge >= 0.3 is 0 Å². The molecule has 2 aromatic rings. The third-order valence-electron chi connectivity index (χ3n) is 5.93. The van der Waals surface area contributed by atoms with E-state index in [4.69, 9.17) is 4.98 Å². The first kappa shape index (κ1) is 17.3. The molecule has 146 valence electrons. The van der Waals surface area contributed by atoms with E-state index in [2.05, 4.69) is 5.32 Å². The van der Waals surface area contributed by atoms with Crippen molar-refractivity contribution < 1.29 is 15.4 Å². The molecule has 2 amide bonds. The summed E-state index contributed by atoms with van der Waals surface area (Å²) in [4.78, 5) is 31.9. The van der Waals surface area contributed by atoms with Gasteiger partial charge in [-0.15, -0.1) is 0 Å². The van der Waals surface area contributed by atoms with Gasteiger partial charge in [-0.1, -0.05) is 0 Å². The number of carbonyl (C=O) groups excluding carboxylic acids is 2. The zero-order valence-corrected chi connectivity index (χ0v) is 15.6. The van der Waals surface area contributed by atoms with Gasteiger partial charge in [-0.25, -0.2) is 4.39 Å². The Hall–Kier alpha value is -2.76. The molecule has 0 unspecified atom stereocenters. The Bertz CT molecular complexity index is 955. The summed E-state index contributed by atoms with van der Waals surface area (Å²) in [6.07, 6.45) is 5.41. The highest BCUT2D eigenvalue weighted by atomic mass is 19.1. The monoisotopic (exact) mass is 381 g/mol. The summed E-state index contributed by atoms with van der Waals surface area (Å²) < 4.78 is 13.1. The number of hydrogen-bond donors (Lipinski definition) is 1. The maximum Gasteiger partial charge on any atom is 0.252 e. The molecule has 0 spiro atoms. The van der Waals surface area contributed by atoms with E-state index >= 15 is 0 Å². The molecule has 1 aromatic heterocycles. The third-order valence-corrected chi connectivity index (χ3v) is 5.93. The fraction of sp³-hybridized carbons (Fsp3) is 0.409. The fourth-order valence-electron chi connectivity index (χ4n) is 3.96. The van der Waals surface area contributed by atoms with E-state index in [0.29, 0.717) is 5.56 Å². The minimum Gasteiger partial charge on any atom is -0.341 e. The number of carbonyl (C=O) groups is 2. The Morgan fingerprint density at radius 1 is 1.14 bits per heavy atom. The van der Waals surface area contributed by atoms with Crippen LogP contribution in [0.25, 0.3) is 0 Å². The highest BCUT2D eigenvalue weighted by Gasteiger charge is 2.47. The number of nitrogens with one attached hydrogen (secondary N) is 1. The van der Waals surface area contributed by atoms with E-state index in [1.54, 1.807) is 0 Å². The highest BCUT2D eigenvalue weighted by Crippen LogP contribution is 2.46. The lowest BCUT2D eigenvalue weighted by Crippen LogP contribution is -2.38. The predicted molar refractivity (Wildman–Crippen MR) is 105 cm³/mol. The van der Waals surface area contributed by atoms with Crippen molar-refractivity contribution in [1.82, 2.24) is 10.3 Å². The maximum absolute atomic E-state index is 13.1. The molecule has 2 heterocycles. The molecule has 2 aliphatic carbocycles. The first-order valence-corrected chi connectivity index (χ1v) is 9.96. The second-order valence-electron chi connectivity index (χ2n) is 8.07. The topological polar surface area (TPSA) is 62.3 Å².